The third-order valence-corrected chi connectivity index (χ3v) is 6.04. The molecule has 3 rings (SSSR count). The van der Waals surface area contributed by atoms with Crippen LogP contribution in [0.4, 0.5) is 0 Å². The maximum atomic E-state index is 6.18. The molecule has 1 aliphatic carbocycles. The van der Waals surface area contributed by atoms with Gasteiger partial charge < -0.3 is 5.73 Å². The van der Waals surface area contributed by atoms with Crippen LogP contribution in [-0.4, -0.2) is 35.0 Å². The van der Waals surface area contributed by atoms with Crippen LogP contribution in [0.2, 0.25) is 0 Å². The predicted octanol–water partition coefficient (Wildman–Crippen LogP) is 2.20. The lowest BCUT2D eigenvalue weighted by atomic mass is 9.99. The number of nitrogens with zero attached hydrogens (tertiary/aromatic N) is 2. The second-order valence-electron chi connectivity index (χ2n) is 4.93. The Hall–Kier alpha value is -0.100. The first-order chi connectivity index (χ1) is 8.25. The Bertz CT molecular complexity index is 404. The molecule has 0 radical (unpaired) electrons. The fraction of sp³-hybridized carbons (Fsp3) is 0.750. The molecule has 1 aromatic heterocycles. The van der Waals surface area contributed by atoms with Gasteiger partial charge in [-0.2, -0.15) is 11.8 Å². The molecule has 0 amide bonds. The Morgan fingerprint density at radius 3 is 3.12 bits per heavy atom. The van der Waals surface area contributed by atoms with E-state index in [4.69, 9.17) is 10.7 Å². The molecular weight excluding hydrogens is 250 g/mol. The van der Waals surface area contributed by atoms with Crippen molar-refractivity contribution in [2.24, 2.45) is 5.73 Å². The molecule has 0 aromatic carbocycles. The molecule has 2 aliphatic rings. The molecule has 2 unspecified atom stereocenters. The van der Waals surface area contributed by atoms with Crippen molar-refractivity contribution in [3.63, 3.8) is 0 Å². The molecular formula is C12H19N3S2. The van der Waals surface area contributed by atoms with E-state index >= 15 is 0 Å². The minimum absolute atomic E-state index is 0.242. The Balaban J connectivity index is 1.88. The molecule has 2 heterocycles. The van der Waals surface area contributed by atoms with E-state index in [1.165, 1.54) is 40.0 Å². The van der Waals surface area contributed by atoms with E-state index in [9.17, 15) is 0 Å². The van der Waals surface area contributed by atoms with Gasteiger partial charge in [0.15, 0.2) is 0 Å². The normalized spacial score (nSPS) is 30.2. The van der Waals surface area contributed by atoms with Crippen molar-refractivity contribution in [3.05, 3.63) is 15.6 Å². The van der Waals surface area contributed by atoms with Gasteiger partial charge in [-0.25, -0.2) is 4.98 Å². The lowest BCUT2D eigenvalue weighted by molar-refractivity contribution is 0.274. The number of rotatable bonds is 1. The summed E-state index contributed by atoms with van der Waals surface area (Å²) < 4.78 is 0. The monoisotopic (exact) mass is 269 g/mol. The minimum Gasteiger partial charge on any atom is -0.323 e. The van der Waals surface area contributed by atoms with Crippen molar-refractivity contribution in [3.8, 4) is 0 Å². The first-order valence-corrected chi connectivity index (χ1v) is 8.26. The van der Waals surface area contributed by atoms with Crippen LogP contribution in [0.25, 0.3) is 0 Å². The number of hydrogen-bond donors (Lipinski definition) is 1. The predicted molar refractivity (Wildman–Crippen MR) is 74.7 cm³/mol. The van der Waals surface area contributed by atoms with Crippen LogP contribution in [0.5, 0.6) is 0 Å². The van der Waals surface area contributed by atoms with Crippen LogP contribution in [0.15, 0.2) is 0 Å². The topological polar surface area (TPSA) is 42.2 Å². The van der Waals surface area contributed by atoms with E-state index in [0.717, 1.165) is 12.8 Å². The van der Waals surface area contributed by atoms with E-state index in [0.29, 0.717) is 6.04 Å². The molecule has 0 bridgehead atoms. The summed E-state index contributed by atoms with van der Waals surface area (Å²) in [6, 6.07) is 0.753. The van der Waals surface area contributed by atoms with Gasteiger partial charge in [0.1, 0.15) is 5.01 Å². The Kier molecular flexibility index (Phi) is 3.43. The summed E-state index contributed by atoms with van der Waals surface area (Å²) in [5.41, 5.74) is 7.46. The number of aryl methyl sites for hydroxylation is 1. The second kappa shape index (κ2) is 4.88. The van der Waals surface area contributed by atoms with Crippen LogP contribution in [0, 0.1) is 0 Å². The molecule has 1 aliphatic heterocycles. The third kappa shape index (κ3) is 2.26. The summed E-state index contributed by atoms with van der Waals surface area (Å²) in [6.45, 7) is 1.17. The number of nitrogens with two attached hydrogens (primary N) is 1. The Morgan fingerprint density at radius 1 is 1.47 bits per heavy atom. The largest absolute Gasteiger partial charge is 0.323 e. The number of aromatic nitrogens is 1. The van der Waals surface area contributed by atoms with E-state index in [1.807, 2.05) is 23.1 Å². The summed E-state index contributed by atoms with van der Waals surface area (Å²) in [7, 11) is 2.21. The van der Waals surface area contributed by atoms with Gasteiger partial charge >= 0.3 is 0 Å². The quantitative estimate of drug-likeness (QED) is 0.849. The Morgan fingerprint density at radius 2 is 2.35 bits per heavy atom. The number of fused-ring (bicyclic) bond motifs is 1. The van der Waals surface area contributed by atoms with Crippen LogP contribution in [-0.2, 0) is 6.42 Å². The van der Waals surface area contributed by atoms with Gasteiger partial charge in [0.2, 0.25) is 0 Å². The van der Waals surface area contributed by atoms with Gasteiger partial charge in [0.05, 0.1) is 11.7 Å². The van der Waals surface area contributed by atoms with Crippen molar-refractivity contribution in [1.82, 2.24) is 9.88 Å². The second-order valence-corrected chi connectivity index (χ2v) is 7.15. The highest BCUT2D eigenvalue weighted by Crippen LogP contribution is 2.37. The van der Waals surface area contributed by atoms with Crippen LogP contribution in [0.1, 0.15) is 40.5 Å². The van der Waals surface area contributed by atoms with Crippen LogP contribution < -0.4 is 5.73 Å². The molecule has 17 heavy (non-hydrogen) atoms. The first kappa shape index (κ1) is 12.0. The average molecular weight is 269 g/mol. The molecule has 1 aromatic rings. The van der Waals surface area contributed by atoms with E-state index in [2.05, 4.69) is 11.9 Å². The fourth-order valence-corrected chi connectivity index (χ4v) is 5.20. The van der Waals surface area contributed by atoms with Crippen molar-refractivity contribution < 1.29 is 0 Å². The number of thiazole rings is 1. The van der Waals surface area contributed by atoms with E-state index in [1.54, 1.807) is 0 Å². The zero-order valence-electron chi connectivity index (χ0n) is 10.2. The van der Waals surface area contributed by atoms with Crippen molar-refractivity contribution in [2.75, 3.05) is 25.1 Å². The summed E-state index contributed by atoms with van der Waals surface area (Å²) in [5, 5.41) is 1.29. The third-order valence-electron chi connectivity index (χ3n) is 3.69. The lowest BCUT2D eigenvalue weighted by Gasteiger charge is -2.30. The molecule has 2 atom stereocenters. The van der Waals surface area contributed by atoms with Gasteiger partial charge in [-0.05, 0) is 26.3 Å². The van der Waals surface area contributed by atoms with Crippen molar-refractivity contribution in [2.45, 2.75) is 31.3 Å². The molecule has 0 spiro atoms. The van der Waals surface area contributed by atoms with E-state index < -0.39 is 0 Å². The van der Waals surface area contributed by atoms with Crippen molar-refractivity contribution >= 4 is 23.1 Å². The average Bonchev–Trinajstić information content (AvgIpc) is 2.75. The summed E-state index contributed by atoms with van der Waals surface area (Å²) in [6.07, 6.45) is 3.46. The smallest absolute Gasteiger partial charge is 0.111 e. The fourth-order valence-electron chi connectivity index (χ4n) is 2.56. The Labute approximate surface area is 111 Å². The maximum Gasteiger partial charge on any atom is 0.111 e. The summed E-state index contributed by atoms with van der Waals surface area (Å²) in [4.78, 5) is 8.65. The van der Waals surface area contributed by atoms with Gasteiger partial charge in [0, 0.05) is 29.0 Å². The zero-order valence-corrected chi connectivity index (χ0v) is 11.8. The molecule has 1 fully saturated rings. The number of thioether (sulfide) groups is 1. The highest BCUT2D eigenvalue weighted by Gasteiger charge is 2.28. The lowest BCUT2D eigenvalue weighted by Crippen LogP contribution is -2.32. The maximum absolute atomic E-state index is 6.18. The summed E-state index contributed by atoms with van der Waals surface area (Å²) >= 11 is 3.90. The highest BCUT2D eigenvalue weighted by atomic mass is 32.2. The van der Waals surface area contributed by atoms with E-state index in [-0.39, 0.29) is 6.04 Å². The van der Waals surface area contributed by atoms with Crippen molar-refractivity contribution in [1.29, 1.82) is 0 Å². The van der Waals surface area contributed by atoms with Gasteiger partial charge in [-0.3, -0.25) is 4.90 Å². The number of hydrogen-bond acceptors (Lipinski definition) is 5. The first-order valence-electron chi connectivity index (χ1n) is 6.29. The van der Waals surface area contributed by atoms with Crippen LogP contribution in [0.3, 0.4) is 0 Å². The van der Waals surface area contributed by atoms with Gasteiger partial charge in [-0.15, -0.1) is 11.3 Å². The minimum atomic E-state index is 0.242. The molecule has 2 N–H and O–H groups in total. The molecule has 0 saturated carbocycles. The molecule has 1 saturated heterocycles. The molecule has 94 valence electrons. The van der Waals surface area contributed by atoms with Gasteiger partial charge in [0.25, 0.3) is 0 Å². The zero-order chi connectivity index (χ0) is 11.8. The highest BCUT2D eigenvalue weighted by molar-refractivity contribution is 7.99. The molecule has 3 nitrogen and oxygen atoms in total. The SMILES string of the molecule is CN1CCSCC1c1nc2c(s1)C(N)CCC2. The standard InChI is InChI=1S/C12H19N3S2/c1-15-5-6-16-7-10(15)12-14-9-4-2-3-8(13)11(9)17-12/h8,10H,2-7,13H2,1H3. The van der Waals surface area contributed by atoms with Gasteiger partial charge in [-0.1, -0.05) is 0 Å². The van der Waals surface area contributed by atoms with Crippen LogP contribution >= 0.6 is 23.1 Å². The molecule has 5 heteroatoms. The summed E-state index contributed by atoms with van der Waals surface area (Å²) in [5.74, 6) is 2.43.